The zero-order valence-electron chi connectivity index (χ0n) is 15.3. The van der Waals surface area contributed by atoms with Crippen molar-refractivity contribution in [3.05, 3.63) is 64.1 Å². The number of carbonyl (C=O) groups is 1. The molecule has 0 radical (unpaired) electrons. The molecule has 1 aliphatic heterocycles. The van der Waals surface area contributed by atoms with E-state index in [0.717, 1.165) is 0 Å². The fraction of sp³-hybridized carbons (Fsp3) is 0.200. The highest BCUT2D eigenvalue weighted by atomic mass is 35.5. The summed E-state index contributed by atoms with van der Waals surface area (Å²) < 4.78 is 24.9. The molecule has 0 atom stereocenters. The predicted molar refractivity (Wildman–Crippen MR) is 110 cm³/mol. The molecule has 8 heteroatoms. The number of carbonyl (C=O) groups excluding carboxylic acids is 1. The van der Waals surface area contributed by atoms with Crippen LogP contribution in [0, 0.1) is 5.82 Å². The van der Waals surface area contributed by atoms with Gasteiger partial charge in [0, 0.05) is 12.1 Å². The Morgan fingerprint density at radius 3 is 2.71 bits per heavy atom. The Morgan fingerprint density at radius 2 is 2.07 bits per heavy atom. The Balaban J connectivity index is 1.86. The third-order valence-electron chi connectivity index (χ3n) is 4.17. The van der Waals surface area contributed by atoms with Crippen LogP contribution in [0.2, 0.25) is 5.02 Å². The van der Waals surface area contributed by atoms with Crippen LogP contribution < -0.4 is 14.8 Å². The molecule has 0 saturated carbocycles. The number of rotatable bonds is 6. The first-order valence-corrected chi connectivity index (χ1v) is 9.31. The Kier molecular flexibility index (Phi) is 6.16. The van der Waals surface area contributed by atoms with Crippen molar-refractivity contribution in [1.29, 1.82) is 0 Å². The molecule has 0 spiro atoms. The van der Waals surface area contributed by atoms with Gasteiger partial charge in [0.2, 0.25) is 0 Å². The minimum Gasteiger partial charge on any atom is -0.493 e. The van der Waals surface area contributed by atoms with Crippen LogP contribution in [0.5, 0.6) is 11.5 Å². The van der Waals surface area contributed by atoms with Gasteiger partial charge in [-0.25, -0.2) is 4.39 Å². The molecule has 0 aliphatic carbocycles. The molecule has 2 aromatic carbocycles. The Bertz CT molecular complexity index is 964. The normalized spacial score (nSPS) is 15.1. The number of hydrogen-bond acceptors (Lipinski definition) is 4. The number of ether oxygens (including phenoxy) is 2. The summed E-state index contributed by atoms with van der Waals surface area (Å²) in [5.74, 6) is 0.103. The lowest BCUT2D eigenvalue weighted by Crippen LogP contribution is -2.30. The topological polar surface area (TPSA) is 50.8 Å². The van der Waals surface area contributed by atoms with Gasteiger partial charge in [0.15, 0.2) is 16.6 Å². The molecule has 3 rings (SSSR count). The monoisotopic (exact) mass is 420 g/mol. The average molecular weight is 421 g/mol. The molecule has 2 aromatic rings. The van der Waals surface area contributed by atoms with E-state index in [1.54, 1.807) is 36.4 Å². The number of likely N-dealkylation sites (N-methyl/N-ethyl adjacent to an activating group) is 1. The molecule has 1 aliphatic rings. The second kappa shape index (κ2) is 8.58. The van der Waals surface area contributed by atoms with Crippen molar-refractivity contribution in [2.24, 2.45) is 0 Å². The molecule has 1 fully saturated rings. The Hall–Kier alpha value is -2.64. The Labute approximate surface area is 172 Å². The number of methoxy groups -OCH3 is 1. The summed E-state index contributed by atoms with van der Waals surface area (Å²) in [6.45, 7) is 2.33. The van der Waals surface area contributed by atoms with Gasteiger partial charge in [0.25, 0.3) is 5.91 Å². The maximum Gasteiger partial charge on any atom is 0.276 e. The van der Waals surface area contributed by atoms with E-state index in [1.165, 1.54) is 18.1 Å². The lowest BCUT2D eigenvalue weighted by Gasteiger charge is -2.14. The van der Waals surface area contributed by atoms with Crippen LogP contribution in [0.15, 0.2) is 42.1 Å². The highest BCUT2D eigenvalue weighted by Gasteiger charge is 2.29. The van der Waals surface area contributed by atoms with Crippen LogP contribution in [-0.2, 0) is 11.4 Å². The van der Waals surface area contributed by atoms with Crippen molar-refractivity contribution in [2.45, 2.75) is 13.5 Å². The first kappa shape index (κ1) is 20.1. The lowest BCUT2D eigenvalue weighted by molar-refractivity contribution is -0.122. The zero-order chi connectivity index (χ0) is 20.3. The fourth-order valence-electron chi connectivity index (χ4n) is 2.75. The first-order chi connectivity index (χ1) is 13.4. The van der Waals surface area contributed by atoms with E-state index < -0.39 is 0 Å². The van der Waals surface area contributed by atoms with Crippen LogP contribution in [0.1, 0.15) is 18.1 Å². The minimum atomic E-state index is -0.360. The van der Waals surface area contributed by atoms with Crippen molar-refractivity contribution in [1.82, 2.24) is 10.2 Å². The molecular weight excluding hydrogens is 403 g/mol. The smallest absolute Gasteiger partial charge is 0.276 e. The number of thiocarbonyl (C=S) groups is 1. The largest absolute Gasteiger partial charge is 0.493 e. The Morgan fingerprint density at radius 1 is 1.32 bits per heavy atom. The summed E-state index contributed by atoms with van der Waals surface area (Å²) in [4.78, 5) is 13.8. The van der Waals surface area contributed by atoms with E-state index in [1.807, 2.05) is 6.92 Å². The van der Waals surface area contributed by atoms with Gasteiger partial charge >= 0.3 is 0 Å². The second-order valence-corrected chi connectivity index (χ2v) is 6.75. The maximum atomic E-state index is 13.8. The molecule has 1 heterocycles. The molecule has 1 saturated heterocycles. The SMILES string of the molecule is CCN1C(=O)/C(=C/c2cc(Cl)c(OCc3ccccc3F)c(OC)c2)NC1=S. The maximum absolute atomic E-state index is 13.8. The quantitative estimate of drug-likeness (QED) is 0.562. The molecule has 5 nitrogen and oxygen atoms in total. The molecule has 0 bridgehead atoms. The first-order valence-electron chi connectivity index (χ1n) is 8.52. The third-order valence-corrected chi connectivity index (χ3v) is 4.77. The summed E-state index contributed by atoms with van der Waals surface area (Å²) in [6, 6.07) is 9.66. The van der Waals surface area contributed by atoms with Crippen LogP contribution in [-0.4, -0.2) is 29.6 Å². The summed E-state index contributed by atoms with van der Waals surface area (Å²) >= 11 is 11.5. The molecule has 1 amide bonds. The molecule has 28 heavy (non-hydrogen) atoms. The second-order valence-electron chi connectivity index (χ2n) is 5.95. The van der Waals surface area contributed by atoms with Gasteiger partial charge in [-0.05, 0) is 49.0 Å². The summed E-state index contributed by atoms with van der Waals surface area (Å²) in [7, 11) is 1.48. The number of hydrogen-bond donors (Lipinski definition) is 1. The van der Waals surface area contributed by atoms with E-state index in [2.05, 4.69) is 5.32 Å². The van der Waals surface area contributed by atoms with Crippen molar-refractivity contribution in [3.8, 4) is 11.5 Å². The average Bonchev–Trinajstić information content (AvgIpc) is 2.94. The number of halogens is 2. The third kappa shape index (κ3) is 4.10. The summed E-state index contributed by atoms with van der Waals surface area (Å²) in [5.41, 5.74) is 1.39. The predicted octanol–water partition coefficient (Wildman–Crippen LogP) is 4.14. The van der Waals surface area contributed by atoms with Crippen LogP contribution >= 0.6 is 23.8 Å². The van der Waals surface area contributed by atoms with Gasteiger partial charge in [0.05, 0.1) is 12.1 Å². The van der Waals surface area contributed by atoms with Crippen molar-refractivity contribution >= 4 is 40.9 Å². The number of nitrogens with one attached hydrogen (secondary N) is 1. The van der Waals surface area contributed by atoms with E-state index in [0.29, 0.717) is 40.0 Å². The van der Waals surface area contributed by atoms with Gasteiger partial charge in [-0.15, -0.1) is 0 Å². The lowest BCUT2D eigenvalue weighted by atomic mass is 10.1. The van der Waals surface area contributed by atoms with E-state index in [4.69, 9.17) is 33.3 Å². The van der Waals surface area contributed by atoms with Crippen molar-refractivity contribution < 1.29 is 18.7 Å². The summed E-state index contributed by atoms with van der Waals surface area (Å²) in [6.07, 6.45) is 1.64. The number of amides is 1. The zero-order valence-corrected chi connectivity index (χ0v) is 16.9. The molecule has 146 valence electrons. The van der Waals surface area contributed by atoms with Crippen molar-refractivity contribution in [2.75, 3.05) is 13.7 Å². The van der Waals surface area contributed by atoms with Crippen LogP contribution in [0.25, 0.3) is 6.08 Å². The van der Waals surface area contributed by atoms with Gasteiger partial charge in [-0.3, -0.25) is 9.69 Å². The van der Waals surface area contributed by atoms with Gasteiger partial charge < -0.3 is 14.8 Å². The van der Waals surface area contributed by atoms with E-state index in [9.17, 15) is 9.18 Å². The highest BCUT2D eigenvalue weighted by molar-refractivity contribution is 7.80. The van der Waals surface area contributed by atoms with Gasteiger partial charge in [-0.1, -0.05) is 29.8 Å². The molecule has 1 N–H and O–H groups in total. The molecular formula is C20H18ClFN2O3S. The van der Waals surface area contributed by atoms with Crippen LogP contribution in [0.3, 0.4) is 0 Å². The van der Waals surface area contributed by atoms with E-state index in [-0.39, 0.29) is 23.4 Å². The van der Waals surface area contributed by atoms with Gasteiger partial charge in [0.1, 0.15) is 18.1 Å². The number of benzene rings is 2. The van der Waals surface area contributed by atoms with Crippen molar-refractivity contribution in [3.63, 3.8) is 0 Å². The number of nitrogens with zero attached hydrogens (tertiary/aromatic N) is 1. The van der Waals surface area contributed by atoms with Crippen LogP contribution in [0.4, 0.5) is 4.39 Å². The molecule has 0 aromatic heterocycles. The molecule has 0 unspecified atom stereocenters. The summed E-state index contributed by atoms with van der Waals surface area (Å²) in [5, 5.41) is 3.53. The highest BCUT2D eigenvalue weighted by Crippen LogP contribution is 2.37. The minimum absolute atomic E-state index is 0.00294. The fourth-order valence-corrected chi connectivity index (χ4v) is 3.35. The standard InChI is InChI=1S/C20H18ClFN2O3S/c1-3-24-19(25)16(23-20(24)28)9-12-8-14(21)18(17(10-12)26-2)27-11-13-6-4-5-7-15(13)22/h4-10H,3,11H2,1-2H3,(H,23,28)/b16-9-. The van der Waals surface area contributed by atoms with E-state index >= 15 is 0 Å². The van der Waals surface area contributed by atoms with Gasteiger partial charge in [-0.2, -0.15) is 0 Å².